The molecule has 0 saturated carbocycles. The number of benzene rings is 2. The largest absolute Gasteiger partial charge is 0.291 e. The van der Waals surface area contributed by atoms with Gasteiger partial charge in [-0.2, -0.15) is 9.50 Å². The first-order chi connectivity index (χ1) is 12.5. The molecule has 0 aliphatic heterocycles. The fraction of sp³-hybridized carbons (Fsp3) is 0. The second kappa shape index (κ2) is 6.12. The van der Waals surface area contributed by atoms with Crippen LogP contribution in [0.4, 0.5) is 10.1 Å². The summed E-state index contributed by atoms with van der Waals surface area (Å²) in [4.78, 5) is 27.4. The number of nitro benzene ring substituents is 1. The highest BCUT2D eigenvalue weighted by Gasteiger charge is 2.14. The summed E-state index contributed by atoms with van der Waals surface area (Å²) in [6, 6.07) is 12.0. The van der Waals surface area contributed by atoms with E-state index in [1.54, 1.807) is 30.3 Å². The van der Waals surface area contributed by atoms with Gasteiger partial charge in [0.1, 0.15) is 5.82 Å². The summed E-state index contributed by atoms with van der Waals surface area (Å²) in [5.74, 6) is -0.338. The number of nitro groups is 1. The van der Waals surface area contributed by atoms with Crippen molar-refractivity contribution in [2.45, 2.75) is 0 Å². The van der Waals surface area contributed by atoms with Gasteiger partial charge in [-0.15, -0.1) is 5.10 Å². The third-order valence-corrected chi connectivity index (χ3v) is 4.63. The molecule has 4 rings (SSSR count). The zero-order valence-electron chi connectivity index (χ0n) is 13.0. The topological polar surface area (TPSA) is 90.4 Å². The quantitative estimate of drug-likeness (QED) is 0.409. The molecule has 0 saturated heterocycles. The van der Waals surface area contributed by atoms with E-state index in [1.165, 1.54) is 24.3 Å². The van der Waals surface area contributed by atoms with E-state index in [0.717, 1.165) is 15.9 Å². The highest BCUT2D eigenvalue weighted by molar-refractivity contribution is 7.15. The Morgan fingerprint density at radius 2 is 2.00 bits per heavy atom. The molecular weight excluding hydrogens is 359 g/mol. The van der Waals surface area contributed by atoms with Gasteiger partial charge in [-0.25, -0.2) is 4.39 Å². The molecule has 7 nitrogen and oxygen atoms in total. The summed E-state index contributed by atoms with van der Waals surface area (Å²) in [7, 11) is 0. The first kappa shape index (κ1) is 16.0. The summed E-state index contributed by atoms with van der Waals surface area (Å²) < 4.78 is 15.3. The molecule has 0 radical (unpaired) electrons. The molecule has 0 atom stereocenters. The van der Waals surface area contributed by atoms with Crippen molar-refractivity contribution in [1.82, 2.24) is 14.6 Å². The van der Waals surface area contributed by atoms with Gasteiger partial charge in [0.15, 0.2) is 5.82 Å². The van der Waals surface area contributed by atoms with Gasteiger partial charge in [0.2, 0.25) is 4.96 Å². The minimum absolute atomic E-state index is 0.0625. The average Bonchev–Trinajstić information content (AvgIpc) is 3.16. The summed E-state index contributed by atoms with van der Waals surface area (Å²) in [5, 5.41) is 14.9. The van der Waals surface area contributed by atoms with Crippen molar-refractivity contribution in [3.63, 3.8) is 0 Å². The number of halogens is 1. The van der Waals surface area contributed by atoms with Gasteiger partial charge in [0.05, 0.1) is 15.0 Å². The Labute approximate surface area is 148 Å². The van der Waals surface area contributed by atoms with Crippen LogP contribution in [0.2, 0.25) is 0 Å². The third-order valence-electron chi connectivity index (χ3n) is 3.68. The van der Waals surface area contributed by atoms with Gasteiger partial charge in [-0.05, 0) is 23.8 Å². The monoisotopic (exact) mass is 368 g/mol. The second-order valence-electron chi connectivity index (χ2n) is 5.38. The van der Waals surface area contributed by atoms with Crippen LogP contribution in [0.25, 0.3) is 22.4 Å². The van der Waals surface area contributed by atoms with E-state index in [1.807, 2.05) is 0 Å². The van der Waals surface area contributed by atoms with E-state index in [0.29, 0.717) is 15.1 Å². The Morgan fingerprint density at radius 3 is 2.73 bits per heavy atom. The van der Waals surface area contributed by atoms with Crippen molar-refractivity contribution in [2.75, 3.05) is 0 Å². The summed E-state index contributed by atoms with van der Waals surface area (Å²) in [6.45, 7) is 0. The Morgan fingerprint density at radius 1 is 1.19 bits per heavy atom. The fourth-order valence-electron chi connectivity index (χ4n) is 2.47. The molecule has 0 unspecified atom stereocenters. The number of hydrogen-bond acceptors (Lipinski definition) is 6. The van der Waals surface area contributed by atoms with Crippen LogP contribution in [-0.2, 0) is 0 Å². The van der Waals surface area contributed by atoms with Crippen molar-refractivity contribution in [3.8, 4) is 11.4 Å². The highest BCUT2D eigenvalue weighted by atomic mass is 32.1. The average molecular weight is 368 g/mol. The van der Waals surface area contributed by atoms with Crippen LogP contribution >= 0.6 is 11.3 Å². The van der Waals surface area contributed by atoms with Crippen LogP contribution in [0.5, 0.6) is 0 Å². The molecule has 2 aromatic heterocycles. The smallest absolute Gasteiger partial charge is 0.266 e. The molecule has 2 heterocycles. The van der Waals surface area contributed by atoms with Crippen LogP contribution in [0.3, 0.4) is 0 Å². The van der Waals surface area contributed by atoms with Crippen LogP contribution in [0.15, 0.2) is 53.3 Å². The second-order valence-corrected chi connectivity index (χ2v) is 6.39. The molecule has 2 aromatic carbocycles. The number of non-ortho nitro benzene ring substituents is 1. The molecule has 0 N–H and O–H groups in total. The maximum Gasteiger partial charge on any atom is 0.291 e. The number of nitrogens with zero attached hydrogens (tertiary/aromatic N) is 4. The van der Waals surface area contributed by atoms with Gasteiger partial charge in [-0.3, -0.25) is 14.9 Å². The third kappa shape index (κ3) is 2.74. The van der Waals surface area contributed by atoms with Gasteiger partial charge in [-0.1, -0.05) is 35.6 Å². The molecular formula is C17H9FN4O3S. The number of aromatic nitrogens is 3. The lowest BCUT2D eigenvalue weighted by atomic mass is 10.2. The Bertz CT molecular complexity index is 1260. The maximum absolute atomic E-state index is 13.9. The number of hydrogen-bond donors (Lipinski definition) is 0. The van der Waals surface area contributed by atoms with Crippen molar-refractivity contribution < 1.29 is 9.31 Å². The summed E-state index contributed by atoms with van der Waals surface area (Å²) in [5.41, 5.74) is 0.265. The van der Waals surface area contributed by atoms with Crippen molar-refractivity contribution in [3.05, 3.63) is 84.9 Å². The normalized spacial score (nSPS) is 12.0. The Hall–Kier alpha value is -3.46. The van der Waals surface area contributed by atoms with E-state index in [2.05, 4.69) is 10.1 Å². The van der Waals surface area contributed by atoms with Gasteiger partial charge < -0.3 is 0 Å². The zero-order valence-corrected chi connectivity index (χ0v) is 13.8. The molecule has 0 aliphatic rings. The summed E-state index contributed by atoms with van der Waals surface area (Å²) in [6.07, 6.45) is 1.54. The molecule has 0 fully saturated rings. The van der Waals surface area contributed by atoms with E-state index in [-0.39, 0.29) is 17.1 Å². The van der Waals surface area contributed by atoms with E-state index in [4.69, 9.17) is 0 Å². The molecule has 9 heteroatoms. The minimum atomic E-state index is -0.501. The number of thiazole rings is 1. The first-order valence-corrected chi connectivity index (χ1v) is 8.25. The highest BCUT2D eigenvalue weighted by Crippen LogP contribution is 2.19. The van der Waals surface area contributed by atoms with Gasteiger partial charge in [0.25, 0.3) is 11.2 Å². The first-order valence-electron chi connectivity index (χ1n) is 7.43. The van der Waals surface area contributed by atoms with Crippen LogP contribution in [0.1, 0.15) is 5.56 Å². The molecule has 128 valence electrons. The molecule has 0 aliphatic carbocycles. The molecule has 0 spiro atoms. The zero-order chi connectivity index (χ0) is 18.3. The van der Waals surface area contributed by atoms with Crippen molar-refractivity contribution in [2.24, 2.45) is 0 Å². The lowest BCUT2D eigenvalue weighted by molar-refractivity contribution is -0.384. The fourth-order valence-corrected chi connectivity index (χ4v) is 3.38. The minimum Gasteiger partial charge on any atom is -0.266 e. The SMILES string of the molecule is O=c1c(=Cc2cccc([N+](=O)[O-])c2)sc2nc(-c3ccccc3F)nn12. The van der Waals surface area contributed by atoms with E-state index < -0.39 is 16.3 Å². The van der Waals surface area contributed by atoms with Crippen molar-refractivity contribution in [1.29, 1.82) is 0 Å². The van der Waals surface area contributed by atoms with Crippen LogP contribution in [-0.4, -0.2) is 19.5 Å². The molecule has 0 bridgehead atoms. The van der Waals surface area contributed by atoms with Crippen LogP contribution in [0, 0.1) is 15.9 Å². The lowest BCUT2D eigenvalue weighted by Gasteiger charge is -1.95. The molecule has 26 heavy (non-hydrogen) atoms. The lowest BCUT2D eigenvalue weighted by Crippen LogP contribution is -2.23. The van der Waals surface area contributed by atoms with Gasteiger partial charge >= 0.3 is 0 Å². The van der Waals surface area contributed by atoms with Gasteiger partial charge in [0, 0.05) is 12.1 Å². The predicted molar refractivity (Wildman–Crippen MR) is 94.4 cm³/mol. The molecule has 4 aromatic rings. The number of fused-ring (bicyclic) bond motifs is 1. The molecule has 0 amide bonds. The standard InChI is InChI=1S/C17H9FN4O3S/c18-13-7-2-1-6-12(13)15-19-17-21(20-15)16(23)14(26-17)9-10-4-3-5-11(8-10)22(24)25/h1-9H. The Balaban J connectivity index is 1.82. The van der Waals surface area contributed by atoms with E-state index >= 15 is 0 Å². The Kier molecular flexibility index (Phi) is 3.77. The predicted octanol–water partition coefficient (Wildman–Crippen LogP) is 2.41. The van der Waals surface area contributed by atoms with E-state index in [9.17, 15) is 19.3 Å². The maximum atomic E-state index is 13.9. The van der Waals surface area contributed by atoms with Crippen LogP contribution < -0.4 is 10.1 Å². The van der Waals surface area contributed by atoms with Crippen molar-refractivity contribution >= 4 is 28.1 Å². The number of rotatable bonds is 3. The summed E-state index contributed by atoms with van der Waals surface area (Å²) >= 11 is 1.08.